The van der Waals surface area contributed by atoms with Gasteiger partial charge in [-0.15, -0.1) is 0 Å². The van der Waals surface area contributed by atoms with Crippen molar-refractivity contribution in [3.63, 3.8) is 0 Å². The summed E-state index contributed by atoms with van der Waals surface area (Å²) in [5.41, 5.74) is 4.95. The number of rotatable bonds is 1. The molecule has 0 saturated heterocycles. The van der Waals surface area contributed by atoms with E-state index >= 15 is 0 Å². The van der Waals surface area contributed by atoms with E-state index in [1.165, 1.54) is 6.42 Å². The minimum Gasteiger partial charge on any atom is -0.442 e. The van der Waals surface area contributed by atoms with E-state index < -0.39 is 6.09 Å². The van der Waals surface area contributed by atoms with Crippen LogP contribution in [0.2, 0.25) is 0 Å². The lowest BCUT2D eigenvalue weighted by molar-refractivity contribution is 0.120. The van der Waals surface area contributed by atoms with E-state index in [-0.39, 0.29) is 6.10 Å². The predicted octanol–water partition coefficient (Wildman–Crippen LogP) is 2.22. The fourth-order valence-corrected chi connectivity index (χ4v) is 1.57. The average molecular weight is 183 g/mol. The van der Waals surface area contributed by atoms with E-state index in [0.29, 0.717) is 5.92 Å². The zero-order chi connectivity index (χ0) is 9.68. The van der Waals surface area contributed by atoms with Gasteiger partial charge < -0.3 is 10.5 Å². The van der Waals surface area contributed by atoms with Gasteiger partial charge in [0, 0.05) is 0 Å². The number of ether oxygens (including phenoxy) is 1. The molecule has 0 aliphatic heterocycles. The van der Waals surface area contributed by atoms with Crippen LogP contribution >= 0.6 is 0 Å². The second kappa shape index (κ2) is 4.90. The smallest absolute Gasteiger partial charge is 0.405 e. The van der Waals surface area contributed by atoms with Gasteiger partial charge in [0.1, 0.15) is 6.10 Å². The molecule has 2 unspecified atom stereocenters. The van der Waals surface area contributed by atoms with Gasteiger partial charge in [-0.25, -0.2) is 4.79 Å². The Hall–Kier alpha value is -0.990. The largest absolute Gasteiger partial charge is 0.442 e. The standard InChI is InChI=1S/C10H17NO2/c1-8-4-2-3-5-9(7-6-8)13-10(11)12/h3,5,8-9H,2,4,6-7H2,1H3,(H2,11,12)/b5-3+. The van der Waals surface area contributed by atoms with E-state index in [0.717, 1.165) is 19.3 Å². The maximum Gasteiger partial charge on any atom is 0.405 e. The fourth-order valence-electron chi connectivity index (χ4n) is 1.57. The van der Waals surface area contributed by atoms with Gasteiger partial charge in [-0.05, 0) is 37.7 Å². The Morgan fingerprint density at radius 1 is 1.46 bits per heavy atom. The highest BCUT2D eigenvalue weighted by atomic mass is 16.6. The molecule has 2 N–H and O–H groups in total. The van der Waals surface area contributed by atoms with Crippen LogP contribution in [0, 0.1) is 5.92 Å². The van der Waals surface area contributed by atoms with Crippen LogP contribution in [0.5, 0.6) is 0 Å². The highest BCUT2D eigenvalue weighted by Gasteiger charge is 2.13. The summed E-state index contributed by atoms with van der Waals surface area (Å²) in [7, 11) is 0. The van der Waals surface area contributed by atoms with Crippen molar-refractivity contribution in [1.82, 2.24) is 0 Å². The van der Waals surface area contributed by atoms with Gasteiger partial charge in [0.25, 0.3) is 0 Å². The molecule has 0 heterocycles. The van der Waals surface area contributed by atoms with Crippen LogP contribution in [0.25, 0.3) is 0 Å². The summed E-state index contributed by atoms with van der Waals surface area (Å²) in [5.74, 6) is 0.712. The van der Waals surface area contributed by atoms with Crippen molar-refractivity contribution in [3.8, 4) is 0 Å². The third kappa shape index (κ3) is 3.97. The molecule has 0 radical (unpaired) electrons. The summed E-state index contributed by atoms with van der Waals surface area (Å²) in [4.78, 5) is 10.5. The second-order valence-electron chi connectivity index (χ2n) is 3.66. The van der Waals surface area contributed by atoms with Crippen molar-refractivity contribution in [2.24, 2.45) is 11.7 Å². The molecule has 0 spiro atoms. The van der Waals surface area contributed by atoms with E-state index in [1.807, 2.05) is 6.08 Å². The number of amides is 1. The molecule has 0 fully saturated rings. The minimum absolute atomic E-state index is 0.111. The third-order valence-electron chi connectivity index (χ3n) is 2.39. The topological polar surface area (TPSA) is 52.3 Å². The average Bonchev–Trinajstić information content (AvgIpc) is 2.03. The monoisotopic (exact) mass is 183 g/mol. The van der Waals surface area contributed by atoms with Crippen molar-refractivity contribution >= 4 is 6.09 Å². The Bertz CT molecular complexity index is 201. The Morgan fingerprint density at radius 2 is 2.23 bits per heavy atom. The fraction of sp³-hybridized carbons (Fsp3) is 0.700. The Morgan fingerprint density at radius 3 is 2.92 bits per heavy atom. The number of carbonyl (C=O) groups is 1. The molecule has 0 aromatic rings. The van der Waals surface area contributed by atoms with Crippen molar-refractivity contribution in [2.45, 2.75) is 38.7 Å². The maximum absolute atomic E-state index is 10.5. The Labute approximate surface area is 78.9 Å². The van der Waals surface area contributed by atoms with Crippen LogP contribution in [-0.2, 0) is 4.74 Å². The van der Waals surface area contributed by atoms with Crippen LogP contribution in [0.15, 0.2) is 12.2 Å². The van der Waals surface area contributed by atoms with Crippen LogP contribution in [0.1, 0.15) is 32.6 Å². The highest BCUT2D eigenvalue weighted by Crippen LogP contribution is 2.19. The number of hydrogen-bond acceptors (Lipinski definition) is 2. The van der Waals surface area contributed by atoms with Crippen LogP contribution < -0.4 is 5.73 Å². The van der Waals surface area contributed by atoms with Crippen molar-refractivity contribution in [3.05, 3.63) is 12.2 Å². The summed E-state index contributed by atoms with van der Waals surface area (Å²) in [6.07, 6.45) is 7.51. The van der Waals surface area contributed by atoms with Gasteiger partial charge in [-0.3, -0.25) is 0 Å². The molecule has 1 aliphatic carbocycles. The van der Waals surface area contributed by atoms with Crippen LogP contribution in [0.3, 0.4) is 0 Å². The van der Waals surface area contributed by atoms with Gasteiger partial charge in [0.2, 0.25) is 0 Å². The van der Waals surface area contributed by atoms with E-state index in [9.17, 15) is 4.79 Å². The molecule has 3 nitrogen and oxygen atoms in total. The van der Waals surface area contributed by atoms with Gasteiger partial charge >= 0.3 is 6.09 Å². The number of primary amides is 1. The van der Waals surface area contributed by atoms with Gasteiger partial charge in [-0.1, -0.05) is 13.0 Å². The lowest BCUT2D eigenvalue weighted by atomic mass is 9.95. The molecule has 1 rings (SSSR count). The van der Waals surface area contributed by atoms with Gasteiger partial charge in [-0.2, -0.15) is 0 Å². The Kier molecular flexibility index (Phi) is 3.80. The summed E-state index contributed by atoms with van der Waals surface area (Å²) in [6, 6.07) is 0. The number of hydrogen-bond donors (Lipinski definition) is 1. The quantitative estimate of drug-likeness (QED) is 0.634. The molecular weight excluding hydrogens is 166 g/mol. The molecule has 74 valence electrons. The number of carbonyl (C=O) groups excluding carboxylic acids is 1. The molecule has 3 heteroatoms. The first-order valence-corrected chi connectivity index (χ1v) is 4.81. The molecular formula is C10H17NO2. The molecule has 13 heavy (non-hydrogen) atoms. The maximum atomic E-state index is 10.5. The first kappa shape index (κ1) is 10.1. The molecule has 0 bridgehead atoms. The number of nitrogens with two attached hydrogens (primary N) is 1. The van der Waals surface area contributed by atoms with E-state index in [4.69, 9.17) is 10.5 Å². The summed E-state index contributed by atoms with van der Waals surface area (Å²) in [6.45, 7) is 2.22. The molecule has 1 aliphatic rings. The first-order valence-electron chi connectivity index (χ1n) is 4.81. The summed E-state index contributed by atoms with van der Waals surface area (Å²) < 4.78 is 4.93. The van der Waals surface area contributed by atoms with Gasteiger partial charge in [0.05, 0.1) is 0 Å². The van der Waals surface area contributed by atoms with Crippen LogP contribution in [-0.4, -0.2) is 12.2 Å². The normalized spacial score (nSPS) is 31.5. The lowest BCUT2D eigenvalue weighted by Gasteiger charge is -2.18. The molecule has 2 atom stereocenters. The van der Waals surface area contributed by atoms with Gasteiger partial charge in [0.15, 0.2) is 0 Å². The molecule has 0 saturated carbocycles. The van der Waals surface area contributed by atoms with Crippen molar-refractivity contribution in [2.75, 3.05) is 0 Å². The SMILES string of the molecule is CC1CC/C=C/C(OC(N)=O)CC1. The lowest BCUT2D eigenvalue weighted by Crippen LogP contribution is -2.22. The third-order valence-corrected chi connectivity index (χ3v) is 2.39. The van der Waals surface area contributed by atoms with E-state index in [1.54, 1.807) is 0 Å². The first-order chi connectivity index (χ1) is 6.18. The zero-order valence-corrected chi connectivity index (χ0v) is 8.03. The molecule has 0 aromatic heterocycles. The van der Waals surface area contributed by atoms with Crippen LogP contribution in [0.4, 0.5) is 4.79 Å². The zero-order valence-electron chi connectivity index (χ0n) is 8.03. The molecule has 1 amide bonds. The minimum atomic E-state index is -0.678. The highest BCUT2D eigenvalue weighted by molar-refractivity contribution is 5.65. The predicted molar refractivity (Wildman–Crippen MR) is 51.2 cm³/mol. The summed E-state index contributed by atoms with van der Waals surface area (Å²) in [5, 5.41) is 0. The van der Waals surface area contributed by atoms with Crippen molar-refractivity contribution < 1.29 is 9.53 Å². The van der Waals surface area contributed by atoms with E-state index in [2.05, 4.69) is 13.0 Å². The number of allylic oxidation sites excluding steroid dienone is 1. The summed E-state index contributed by atoms with van der Waals surface area (Å²) >= 11 is 0. The second-order valence-corrected chi connectivity index (χ2v) is 3.66. The van der Waals surface area contributed by atoms with Crippen molar-refractivity contribution in [1.29, 1.82) is 0 Å². The Balaban J connectivity index is 2.44. The molecule has 0 aromatic carbocycles.